The zero-order valence-electron chi connectivity index (χ0n) is 18.6. The molecule has 1 amide bonds. The van der Waals surface area contributed by atoms with Crippen LogP contribution in [0.15, 0.2) is 78.0 Å². The van der Waals surface area contributed by atoms with Gasteiger partial charge in [-0.1, -0.05) is 41.6 Å². The summed E-state index contributed by atoms with van der Waals surface area (Å²) < 4.78 is 13.0. The number of hydrogen-bond donors (Lipinski definition) is 1. The molecule has 168 valence electrons. The van der Waals surface area contributed by atoms with Gasteiger partial charge in [0.1, 0.15) is 17.2 Å². The van der Waals surface area contributed by atoms with Gasteiger partial charge in [0.25, 0.3) is 0 Å². The van der Waals surface area contributed by atoms with Crippen LogP contribution < -0.4 is 14.8 Å². The van der Waals surface area contributed by atoms with E-state index in [2.05, 4.69) is 15.5 Å². The van der Waals surface area contributed by atoms with Gasteiger partial charge >= 0.3 is 0 Å². The van der Waals surface area contributed by atoms with Crippen molar-refractivity contribution in [2.75, 3.05) is 18.2 Å². The van der Waals surface area contributed by atoms with Gasteiger partial charge in [0, 0.05) is 18.3 Å². The zero-order valence-corrected chi connectivity index (χ0v) is 19.4. The summed E-state index contributed by atoms with van der Waals surface area (Å²) in [5.41, 5.74) is 2.77. The van der Waals surface area contributed by atoms with Gasteiger partial charge < -0.3 is 19.4 Å². The molecule has 0 saturated carbocycles. The SMILES string of the molecule is COc1cccc(-c2nnc(SCC(=O)Nc3ccc(Oc4ccc(C)cc4)cc3)n2C)c1. The van der Waals surface area contributed by atoms with Crippen molar-refractivity contribution >= 4 is 23.4 Å². The smallest absolute Gasteiger partial charge is 0.234 e. The Balaban J connectivity index is 1.32. The van der Waals surface area contributed by atoms with E-state index >= 15 is 0 Å². The summed E-state index contributed by atoms with van der Waals surface area (Å²) in [7, 11) is 3.50. The quantitative estimate of drug-likeness (QED) is 0.359. The number of aromatic nitrogens is 3. The lowest BCUT2D eigenvalue weighted by atomic mass is 10.2. The van der Waals surface area contributed by atoms with Crippen molar-refractivity contribution in [3.63, 3.8) is 0 Å². The lowest BCUT2D eigenvalue weighted by Gasteiger charge is -2.08. The van der Waals surface area contributed by atoms with Crippen LogP contribution in [0.2, 0.25) is 0 Å². The van der Waals surface area contributed by atoms with Gasteiger partial charge in [-0.05, 0) is 55.5 Å². The molecule has 0 aliphatic heterocycles. The monoisotopic (exact) mass is 460 g/mol. The molecule has 1 aromatic heterocycles. The number of methoxy groups -OCH3 is 1. The molecule has 1 heterocycles. The molecule has 3 aromatic carbocycles. The molecule has 0 radical (unpaired) electrons. The second-order valence-electron chi connectivity index (χ2n) is 7.37. The second kappa shape index (κ2) is 10.2. The minimum Gasteiger partial charge on any atom is -0.497 e. The van der Waals surface area contributed by atoms with E-state index in [4.69, 9.17) is 9.47 Å². The third-order valence-corrected chi connectivity index (χ3v) is 5.91. The van der Waals surface area contributed by atoms with Gasteiger partial charge in [0.2, 0.25) is 5.91 Å². The third kappa shape index (κ3) is 5.72. The van der Waals surface area contributed by atoms with Crippen LogP contribution in [0.3, 0.4) is 0 Å². The molecule has 0 atom stereocenters. The summed E-state index contributed by atoms with van der Waals surface area (Å²) >= 11 is 1.33. The van der Waals surface area contributed by atoms with Crippen molar-refractivity contribution in [3.05, 3.63) is 78.4 Å². The average molecular weight is 461 g/mol. The normalized spacial score (nSPS) is 10.6. The van der Waals surface area contributed by atoms with Gasteiger partial charge in [-0.2, -0.15) is 0 Å². The molecule has 4 aromatic rings. The summed E-state index contributed by atoms with van der Waals surface area (Å²) in [5.74, 6) is 3.02. The number of carbonyl (C=O) groups excluding carboxylic acids is 1. The maximum absolute atomic E-state index is 12.4. The topological polar surface area (TPSA) is 78.3 Å². The van der Waals surface area contributed by atoms with Gasteiger partial charge in [-0.3, -0.25) is 4.79 Å². The number of carbonyl (C=O) groups is 1. The van der Waals surface area contributed by atoms with Crippen molar-refractivity contribution in [1.29, 1.82) is 0 Å². The van der Waals surface area contributed by atoms with Crippen LogP contribution in [0.5, 0.6) is 17.2 Å². The summed E-state index contributed by atoms with van der Waals surface area (Å²) in [4.78, 5) is 12.4. The summed E-state index contributed by atoms with van der Waals surface area (Å²) in [6, 6.07) is 22.8. The molecular formula is C25H24N4O3S. The second-order valence-corrected chi connectivity index (χ2v) is 8.32. The van der Waals surface area contributed by atoms with E-state index in [1.165, 1.54) is 17.3 Å². The summed E-state index contributed by atoms with van der Waals surface area (Å²) in [5, 5.41) is 12.0. The largest absolute Gasteiger partial charge is 0.497 e. The Morgan fingerprint density at radius 1 is 0.970 bits per heavy atom. The zero-order chi connectivity index (χ0) is 23.2. The Kier molecular flexibility index (Phi) is 6.95. The minimum absolute atomic E-state index is 0.127. The van der Waals surface area contributed by atoms with E-state index < -0.39 is 0 Å². The van der Waals surface area contributed by atoms with Crippen molar-refractivity contribution in [1.82, 2.24) is 14.8 Å². The van der Waals surface area contributed by atoms with E-state index in [9.17, 15) is 4.79 Å². The van der Waals surface area contributed by atoms with Crippen molar-refractivity contribution < 1.29 is 14.3 Å². The van der Waals surface area contributed by atoms with Crippen molar-refractivity contribution in [2.45, 2.75) is 12.1 Å². The molecule has 0 aliphatic rings. The first kappa shape index (κ1) is 22.4. The fourth-order valence-electron chi connectivity index (χ4n) is 3.13. The highest BCUT2D eigenvalue weighted by Crippen LogP contribution is 2.26. The van der Waals surface area contributed by atoms with E-state index in [1.807, 2.05) is 91.3 Å². The highest BCUT2D eigenvalue weighted by Gasteiger charge is 2.13. The lowest BCUT2D eigenvalue weighted by Crippen LogP contribution is -2.14. The predicted molar refractivity (Wildman–Crippen MR) is 130 cm³/mol. The number of nitrogens with zero attached hydrogens (tertiary/aromatic N) is 3. The van der Waals surface area contributed by atoms with Gasteiger partial charge in [0.05, 0.1) is 12.9 Å². The average Bonchev–Trinajstić information content (AvgIpc) is 3.20. The molecule has 0 fully saturated rings. The number of thioether (sulfide) groups is 1. The van der Waals surface area contributed by atoms with E-state index in [-0.39, 0.29) is 11.7 Å². The first-order chi connectivity index (χ1) is 16.0. The summed E-state index contributed by atoms with van der Waals surface area (Å²) in [6.07, 6.45) is 0. The Morgan fingerprint density at radius 2 is 1.67 bits per heavy atom. The van der Waals surface area contributed by atoms with Crippen LogP contribution in [0.4, 0.5) is 5.69 Å². The third-order valence-electron chi connectivity index (χ3n) is 4.89. The molecule has 0 spiro atoms. The predicted octanol–water partition coefficient (Wildman–Crippen LogP) is 5.32. The number of aryl methyl sites for hydroxylation is 1. The fraction of sp³-hybridized carbons (Fsp3) is 0.160. The number of benzene rings is 3. The maximum atomic E-state index is 12.4. The van der Waals surface area contributed by atoms with E-state index in [1.54, 1.807) is 7.11 Å². The first-order valence-electron chi connectivity index (χ1n) is 10.3. The van der Waals surface area contributed by atoms with Crippen LogP contribution in [-0.2, 0) is 11.8 Å². The minimum atomic E-state index is -0.127. The Morgan fingerprint density at radius 3 is 2.36 bits per heavy atom. The van der Waals surface area contributed by atoms with E-state index in [0.29, 0.717) is 22.4 Å². The number of ether oxygens (including phenoxy) is 2. The molecule has 0 bridgehead atoms. The number of hydrogen-bond acceptors (Lipinski definition) is 6. The van der Waals surface area contributed by atoms with Crippen molar-refractivity contribution in [2.24, 2.45) is 7.05 Å². The van der Waals surface area contributed by atoms with Crippen LogP contribution in [0.1, 0.15) is 5.56 Å². The molecule has 4 rings (SSSR count). The Bertz CT molecular complexity index is 1240. The Hall–Kier alpha value is -3.78. The molecular weight excluding hydrogens is 436 g/mol. The van der Waals surface area contributed by atoms with Crippen LogP contribution in [0.25, 0.3) is 11.4 Å². The Labute approximate surface area is 196 Å². The van der Waals surface area contributed by atoms with Crippen LogP contribution in [-0.4, -0.2) is 33.5 Å². The van der Waals surface area contributed by atoms with Gasteiger partial charge in [-0.15, -0.1) is 10.2 Å². The molecule has 7 nitrogen and oxygen atoms in total. The van der Waals surface area contributed by atoms with Gasteiger partial charge in [-0.25, -0.2) is 0 Å². The number of rotatable bonds is 8. The van der Waals surface area contributed by atoms with Crippen LogP contribution >= 0.6 is 11.8 Å². The standard InChI is InChI=1S/C25H24N4O3S/c1-17-7-11-20(12-8-17)32-21-13-9-19(10-14-21)26-23(30)16-33-25-28-27-24(29(25)2)18-5-4-6-22(15-18)31-3/h4-15H,16H2,1-3H3,(H,26,30). The molecule has 1 N–H and O–H groups in total. The molecule has 0 unspecified atom stereocenters. The molecule has 8 heteroatoms. The molecule has 0 aliphatic carbocycles. The van der Waals surface area contributed by atoms with Crippen LogP contribution in [0, 0.1) is 6.92 Å². The molecule has 33 heavy (non-hydrogen) atoms. The number of amides is 1. The molecule has 0 saturated heterocycles. The van der Waals surface area contributed by atoms with Crippen molar-refractivity contribution in [3.8, 4) is 28.6 Å². The number of anilines is 1. The lowest BCUT2D eigenvalue weighted by molar-refractivity contribution is -0.113. The first-order valence-corrected chi connectivity index (χ1v) is 11.3. The van der Waals surface area contributed by atoms with Gasteiger partial charge in [0.15, 0.2) is 11.0 Å². The highest BCUT2D eigenvalue weighted by atomic mass is 32.2. The highest BCUT2D eigenvalue weighted by molar-refractivity contribution is 7.99. The summed E-state index contributed by atoms with van der Waals surface area (Å²) in [6.45, 7) is 2.03. The fourth-order valence-corrected chi connectivity index (χ4v) is 3.84. The van der Waals surface area contributed by atoms with E-state index in [0.717, 1.165) is 17.1 Å². The maximum Gasteiger partial charge on any atom is 0.234 e. The number of nitrogens with one attached hydrogen (secondary N) is 1.